The quantitative estimate of drug-likeness (QED) is 0.548. The van der Waals surface area contributed by atoms with Gasteiger partial charge in [0.15, 0.2) is 5.78 Å². The summed E-state index contributed by atoms with van der Waals surface area (Å²) in [4.78, 5) is 15.4. The van der Waals surface area contributed by atoms with Crippen LogP contribution in [-0.4, -0.2) is 36.5 Å². The highest BCUT2D eigenvalue weighted by Gasteiger charge is 2.27. The van der Waals surface area contributed by atoms with E-state index < -0.39 is 0 Å². The van der Waals surface area contributed by atoms with Crippen LogP contribution in [0.3, 0.4) is 0 Å². The van der Waals surface area contributed by atoms with Crippen LogP contribution in [0.1, 0.15) is 29.6 Å². The number of carbonyl (C=O) groups excluding carboxylic acids is 1. The van der Waals surface area contributed by atoms with Crippen LogP contribution in [0.5, 0.6) is 11.5 Å². The van der Waals surface area contributed by atoms with E-state index in [1.807, 2.05) is 54.6 Å². The van der Waals surface area contributed by atoms with Crippen molar-refractivity contribution in [3.63, 3.8) is 0 Å². The third-order valence-corrected chi connectivity index (χ3v) is 5.28. The van der Waals surface area contributed by atoms with E-state index in [1.54, 1.807) is 0 Å². The second-order valence-electron chi connectivity index (χ2n) is 7.32. The summed E-state index contributed by atoms with van der Waals surface area (Å²) in [7, 11) is 0. The van der Waals surface area contributed by atoms with Gasteiger partial charge >= 0.3 is 0 Å². The normalized spacial score (nSPS) is 20.9. The van der Waals surface area contributed by atoms with Gasteiger partial charge in [-0.2, -0.15) is 11.1 Å². The van der Waals surface area contributed by atoms with E-state index >= 15 is 0 Å². The summed E-state index contributed by atoms with van der Waals surface area (Å²) in [5, 5.41) is 0. The van der Waals surface area contributed by atoms with Crippen molar-refractivity contribution in [2.24, 2.45) is 5.92 Å². The predicted molar refractivity (Wildman–Crippen MR) is 107 cm³/mol. The molecule has 2 aliphatic rings. The fourth-order valence-corrected chi connectivity index (χ4v) is 3.76. The molecule has 0 radical (unpaired) electrons. The van der Waals surface area contributed by atoms with Crippen LogP contribution in [0, 0.1) is 5.92 Å². The summed E-state index contributed by atoms with van der Waals surface area (Å²) in [5.41, 5.74) is 12.6. The van der Waals surface area contributed by atoms with Crippen LogP contribution in [-0.2, 0) is 0 Å². The van der Waals surface area contributed by atoms with Gasteiger partial charge in [-0.1, -0.05) is 18.2 Å². The molecule has 7 nitrogen and oxygen atoms in total. The molecular formula is C21H27N5O2. The van der Waals surface area contributed by atoms with E-state index in [9.17, 15) is 4.79 Å². The number of Topliss-reactive ketones (excluding diaryl/α,β-unsaturated/α-hetero) is 1. The molecule has 2 fully saturated rings. The molecule has 0 aromatic heterocycles. The number of carbonyl (C=O) groups is 1. The van der Waals surface area contributed by atoms with E-state index in [-0.39, 0.29) is 17.9 Å². The van der Waals surface area contributed by atoms with Crippen molar-refractivity contribution in [3.8, 4) is 11.5 Å². The molecule has 2 aliphatic heterocycles. The topological polar surface area (TPSA) is 77.7 Å². The minimum Gasteiger partial charge on any atom is -0.457 e. The molecule has 0 bridgehead atoms. The van der Waals surface area contributed by atoms with Gasteiger partial charge in [0.25, 0.3) is 0 Å². The number of benzene rings is 2. The van der Waals surface area contributed by atoms with E-state index in [0.29, 0.717) is 0 Å². The molecule has 0 spiro atoms. The fraction of sp³-hybridized carbons (Fsp3) is 0.381. The smallest absolute Gasteiger partial charge is 0.167 e. The number of hydrogen-bond donors (Lipinski definition) is 4. The summed E-state index contributed by atoms with van der Waals surface area (Å²) in [6.07, 6.45) is 3.19. The summed E-state index contributed by atoms with van der Waals surface area (Å²) < 4.78 is 5.81. The molecule has 0 saturated carbocycles. The van der Waals surface area contributed by atoms with Crippen LogP contribution in [0.25, 0.3) is 0 Å². The highest BCUT2D eigenvalue weighted by molar-refractivity contribution is 5.98. The largest absolute Gasteiger partial charge is 0.457 e. The van der Waals surface area contributed by atoms with Gasteiger partial charge in [-0.3, -0.25) is 4.79 Å². The number of para-hydroxylation sites is 1. The second-order valence-corrected chi connectivity index (χ2v) is 7.32. The SMILES string of the molecule is O=C(c1ccc(Oc2ccccc2)cc1)C1CCCN(CCC2NNNN2)C1. The average molecular weight is 381 g/mol. The summed E-state index contributed by atoms with van der Waals surface area (Å²) >= 11 is 0. The molecule has 4 N–H and O–H groups in total. The molecule has 28 heavy (non-hydrogen) atoms. The number of piperidine rings is 1. The Morgan fingerprint density at radius 2 is 1.71 bits per heavy atom. The highest BCUT2D eigenvalue weighted by atomic mass is 16.5. The van der Waals surface area contributed by atoms with E-state index in [1.165, 1.54) is 0 Å². The first-order chi connectivity index (χ1) is 13.8. The Labute approximate surface area is 165 Å². The Kier molecular flexibility index (Phi) is 6.31. The van der Waals surface area contributed by atoms with Crippen LogP contribution in [0.4, 0.5) is 0 Å². The van der Waals surface area contributed by atoms with Gasteiger partial charge in [0.1, 0.15) is 11.5 Å². The van der Waals surface area contributed by atoms with Crippen LogP contribution in [0.15, 0.2) is 54.6 Å². The molecule has 1 unspecified atom stereocenters. The lowest BCUT2D eigenvalue weighted by atomic mass is 9.90. The Bertz CT molecular complexity index is 762. The number of ketones is 1. The van der Waals surface area contributed by atoms with Crippen LogP contribution in [0.2, 0.25) is 0 Å². The lowest BCUT2D eigenvalue weighted by molar-refractivity contribution is 0.0815. The van der Waals surface area contributed by atoms with Gasteiger partial charge in [0.05, 0.1) is 6.17 Å². The molecule has 2 heterocycles. The minimum absolute atomic E-state index is 0.0652. The van der Waals surface area contributed by atoms with Gasteiger partial charge in [-0.25, -0.2) is 10.9 Å². The zero-order valence-corrected chi connectivity index (χ0v) is 15.9. The number of nitrogens with zero attached hydrogens (tertiary/aromatic N) is 1. The van der Waals surface area contributed by atoms with Gasteiger partial charge in [0, 0.05) is 24.6 Å². The van der Waals surface area contributed by atoms with E-state index in [0.717, 1.165) is 56.0 Å². The summed E-state index contributed by atoms with van der Waals surface area (Å²) in [6.45, 7) is 2.84. The van der Waals surface area contributed by atoms with Gasteiger partial charge in [-0.15, -0.1) is 0 Å². The van der Waals surface area contributed by atoms with Crippen molar-refractivity contribution in [1.82, 2.24) is 26.8 Å². The standard InChI is InChI=1S/C21H27N5O2/c27-21(16-8-10-19(11-9-16)28-18-6-2-1-3-7-18)17-5-4-13-26(15-17)14-12-20-22-24-25-23-20/h1-3,6-11,17,20,22-25H,4-5,12-15H2. The Balaban J connectivity index is 1.31. The summed E-state index contributed by atoms with van der Waals surface area (Å²) in [6, 6.07) is 17.2. The average Bonchev–Trinajstić information content (AvgIpc) is 3.27. The molecule has 0 aliphatic carbocycles. The third kappa shape index (κ3) is 4.95. The first-order valence-corrected chi connectivity index (χ1v) is 9.88. The van der Waals surface area contributed by atoms with Crippen molar-refractivity contribution < 1.29 is 9.53 Å². The zero-order valence-electron chi connectivity index (χ0n) is 15.9. The van der Waals surface area contributed by atoms with Crippen molar-refractivity contribution in [3.05, 3.63) is 60.2 Å². The zero-order chi connectivity index (χ0) is 19.2. The number of rotatable bonds is 7. The number of likely N-dealkylation sites (tertiary alicyclic amines) is 1. The molecular weight excluding hydrogens is 354 g/mol. The second kappa shape index (κ2) is 9.27. The highest BCUT2D eigenvalue weighted by Crippen LogP contribution is 2.25. The molecule has 4 rings (SSSR count). The first-order valence-electron chi connectivity index (χ1n) is 9.88. The summed E-state index contributed by atoms with van der Waals surface area (Å²) in [5.74, 6) is 1.83. The van der Waals surface area contributed by atoms with E-state index in [2.05, 4.69) is 26.8 Å². The molecule has 2 aromatic carbocycles. The van der Waals surface area contributed by atoms with Crippen molar-refractivity contribution >= 4 is 5.78 Å². The molecule has 2 aromatic rings. The third-order valence-electron chi connectivity index (χ3n) is 5.28. The maximum atomic E-state index is 13.0. The molecule has 0 amide bonds. The minimum atomic E-state index is 0.0652. The number of nitrogens with one attached hydrogen (secondary N) is 4. The first kappa shape index (κ1) is 19.0. The fourth-order valence-electron chi connectivity index (χ4n) is 3.76. The monoisotopic (exact) mass is 381 g/mol. The van der Waals surface area contributed by atoms with Crippen LogP contribution < -0.4 is 26.7 Å². The number of ether oxygens (including phenoxy) is 1. The van der Waals surface area contributed by atoms with E-state index in [4.69, 9.17) is 4.74 Å². The van der Waals surface area contributed by atoms with Gasteiger partial charge in [0.2, 0.25) is 0 Å². The Morgan fingerprint density at radius 1 is 1.00 bits per heavy atom. The predicted octanol–water partition coefficient (Wildman–Crippen LogP) is 2.21. The maximum Gasteiger partial charge on any atom is 0.167 e. The van der Waals surface area contributed by atoms with Crippen LogP contribution >= 0.6 is 0 Å². The molecule has 148 valence electrons. The molecule has 1 atom stereocenters. The lowest BCUT2D eigenvalue weighted by Gasteiger charge is -2.32. The Hall–Kier alpha value is -2.29. The lowest BCUT2D eigenvalue weighted by Crippen LogP contribution is -2.42. The number of hydrogen-bond acceptors (Lipinski definition) is 7. The number of hydrazine groups is 3. The van der Waals surface area contributed by atoms with Crippen molar-refractivity contribution in [1.29, 1.82) is 0 Å². The molecule has 2 saturated heterocycles. The maximum absolute atomic E-state index is 13.0. The van der Waals surface area contributed by atoms with Gasteiger partial charge in [-0.05, 0) is 62.2 Å². The Morgan fingerprint density at radius 3 is 2.46 bits per heavy atom. The van der Waals surface area contributed by atoms with Crippen molar-refractivity contribution in [2.75, 3.05) is 19.6 Å². The van der Waals surface area contributed by atoms with Gasteiger partial charge < -0.3 is 9.64 Å². The molecule has 7 heteroatoms. The van der Waals surface area contributed by atoms with Crippen molar-refractivity contribution in [2.45, 2.75) is 25.4 Å².